The lowest BCUT2D eigenvalue weighted by Gasteiger charge is -2.29. The van der Waals surface area contributed by atoms with Crippen molar-refractivity contribution in [2.45, 2.75) is 12.5 Å². The molecule has 9 heteroatoms. The quantitative estimate of drug-likeness (QED) is 0.235. The van der Waals surface area contributed by atoms with Crippen molar-refractivity contribution >= 4 is 16.4 Å². The maximum Gasteiger partial charge on any atom is 0.228 e. The molecular formula is C32H26N4O5. The van der Waals surface area contributed by atoms with Gasteiger partial charge < -0.3 is 23.7 Å². The van der Waals surface area contributed by atoms with Gasteiger partial charge >= 0.3 is 0 Å². The number of nitrogens with zero attached hydrogens (tertiary/aromatic N) is 4. The summed E-state index contributed by atoms with van der Waals surface area (Å²) in [7, 11) is 4.89. The molecule has 0 saturated heterocycles. The van der Waals surface area contributed by atoms with Crippen molar-refractivity contribution in [1.29, 1.82) is 0 Å². The average molecular weight is 547 g/mol. The predicted molar refractivity (Wildman–Crippen MR) is 153 cm³/mol. The molecule has 1 unspecified atom stereocenters. The van der Waals surface area contributed by atoms with Crippen LogP contribution in [0, 0.1) is 0 Å². The van der Waals surface area contributed by atoms with Crippen LogP contribution >= 0.6 is 0 Å². The van der Waals surface area contributed by atoms with E-state index < -0.39 is 0 Å². The summed E-state index contributed by atoms with van der Waals surface area (Å²) in [5.41, 5.74) is 3.46. The van der Waals surface area contributed by atoms with Gasteiger partial charge in [0, 0.05) is 11.5 Å². The lowest BCUT2D eigenvalue weighted by atomic mass is 9.81. The van der Waals surface area contributed by atoms with Gasteiger partial charge in [0.05, 0.1) is 26.9 Å². The van der Waals surface area contributed by atoms with E-state index in [-0.39, 0.29) is 12.5 Å². The van der Waals surface area contributed by atoms with Crippen molar-refractivity contribution < 1.29 is 23.7 Å². The van der Waals surface area contributed by atoms with Crippen molar-refractivity contribution in [2.24, 2.45) is 0 Å². The monoisotopic (exact) mass is 546 g/mol. The first-order chi connectivity index (χ1) is 20.2. The smallest absolute Gasteiger partial charge is 0.228 e. The number of hydrogen-bond acceptors (Lipinski definition) is 8. The van der Waals surface area contributed by atoms with Crippen molar-refractivity contribution in [2.75, 3.05) is 21.3 Å². The molecule has 2 aromatic heterocycles. The maximum absolute atomic E-state index is 6.42. The van der Waals surface area contributed by atoms with Crippen molar-refractivity contribution in [3.05, 3.63) is 108 Å². The summed E-state index contributed by atoms with van der Waals surface area (Å²) in [5.74, 6) is 4.21. The summed E-state index contributed by atoms with van der Waals surface area (Å²) >= 11 is 0. The fourth-order valence-electron chi connectivity index (χ4n) is 5.40. The second-order valence-electron chi connectivity index (χ2n) is 9.57. The Morgan fingerprint density at radius 2 is 1.61 bits per heavy atom. The molecule has 0 amide bonds. The van der Waals surface area contributed by atoms with Crippen LogP contribution in [0.3, 0.4) is 0 Å². The molecule has 41 heavy (non-hydrogen) atoms. The molecule has 0 radical (unpaired) electrons. The van der Waals surface area contributed by atoms with E-state index in [0.29, 0.717) is 34.6 Å². The molecule has 7 rings (SSSR count). The second-order valence-corrected chi connectivity index (χ2v) is 9.57. The Hall–Kier alpha value is -5.31. The van der Waals surface area contributed by atoms with Gasteiger partial charge in [0.2, 0.25) is 5.88 Å². The van der Waals surface area contributed by atoms with E-state index in [1.165, 1.54) is 0 Å². The van der Waals surface area contributed by atoms with Gasteiger partial charge in [-0.15, -0.1) is 5.10 Å². The summed E-state index contributed by atoms with van der Waals surface area (Å²) in [6.07, 6.45) is 1.62. The van der Waals surface area contributed by atoms with Crippen LogP contribution in [0.2, 0.25) is 0 Å². The Morgan fingerprint density at radius 1 is 0.805 bits per heavy atom. The first-order valence-electron chi connectivity index (χ1n) is 13.1. The minimum Gasteiger partial charge on any atom is -0.497 e. The number of benzene rings is 4. The van der Waals surface area contributed by atoms with Crippen molar-refractivity contribution in [3.63, 3.8) is 0 Å². The van der Waals surface area contributed by atoms with Crippen LogP contribution in [0.15, 0.2) is 85.2 Å². The normalized spacial score (nSPS) is 13.8. The van der Waals surface area contributed by atoms with Crippen LogP contribution in [0.25, 0.3) is 16.4 Å². The maximum atomic E-state index is 6.42. The standard InChI is InChI=1S/C32H26N4O5/c1-37-21-10-12-22(13-11-21)40-17-27-34-31-30-28(20-9-14-24(38-2)26(16-20)39-3)29-23-7-5-4-6-19(23)8-15-25(29)41-32(30)33-18-36(31)35-27/h4-16,18,28H,17H2,1-3H3. The highest BCUT2D eigenvalue weighted by molar-refractivity contribution is 5.91. The average Bonchev–Trinajstić information content (AvgIpc) is 3.46. The molecule has 204 valence electrons. The summed E-state index contributed by atoms with van der Waals surface area (Å²) in [4.78, 5) is 9.56. The van der Waals surface area contributed by atoms with Gasteiger partial charge in [0.25, 0.3) is 0 Å². The molecule has 0 saturated carbocycles. The summed E-state index contributed by atoms with van der Waals surface area (Å²) in [6.45, 7) is 0.185. The van der Waals surface area contributed by atoms with Crippen LogP contribution in [-0.4, -0.2) is 40.9 Å². The van der Waals surface area contributed by atoms with Crippen molar-refractivity contribution in [3.8, 4) is 34.6 Å². The molecular weight excluding hydrogens is 520 g/mol. The molecule has 0 bridgehead atoms. The third-order valence-corrected chi connectivity index (χ3v) is 7.31. The molecule has 0 spiro atoms. The SMILES string of the molecule is COc1ccc(OCc2nc3c4c(ncn3n2)Oc2ccc3ccccc3c2C4c2ccc(OC)c(OC)c2)cc1. The molecule has 3 heterocycles. The van der Waals surface area contributed by atoms with Gasteiger partial charge in [-0.25, -0.2) is 14.5 Å². The molecule has 4 aromatic carbocycles. The molecule has 1 aliphatic heterocycles. The van der Waals surface area contributed by atoms with E-state index in [4.69, 9.17) is 28.7 Å². The molecule has 6 aromatic rings. The van der Waals surface area contributed by atoms with Crippen LogP contribution in [0.4, 0.5) is 0 Å². The fraction of sp³-hybridized carbons (Fsp3) is 0.156. The Morgan fingerprint density at radius 3 is 2.41 bits per heavy atom. The molecule has 1 aliphatic rings. The van der Waals surface area contributed by atoms with Crippen LogP contribution in [0.1, 0.15) is 28.4 Å². The van der Waals surface area contributed by atoms with Gasteiger partial charge in [-0.1, -0.05) is 36.4 Å². The molecule has 0 aliphatic carbocycles. The number of ether oxygens (including phenoxy) is 5. The fourth-order valence-corrected chi connectivity index (χ4v) is 5.40. The molecule has 0 N–H and O–H groups in total. The van der Waals surface area contributed by atoms with Crippen molar-refractivity contribution in [1.82, 2.24) is 19.6 Å². The van der Waals surface area contributed by atoms with Gasteiger partial charge in [0.15, 0.2) is 23.0 Å². The van der Waals surface area contributed by atoms with Gasteiger partial charge in [-0.2, -0.15) is 0 Å². The third kappa shape index (κ3) is 4.22. The van der Waals surface area contributed by atoms with E-state index in [9.17, 15) is 0 Å². The number of aromatic nitrogens is 4. The molecule has 9 nitrogen and oxygen atoms in total. The second kappa shape index (κ2) is 10.0. The highest BCUT2D eigenvalue weighted by Crippen LogP contribution is 2.51. The van der Waals surface area contributed by atoms with Gasteiger partial charge in [-0.05, 0) is 58.8 Å². The number of hydrogen-bond donors (Lipinski definition) is 0. The summed E-state index contributed by atoms with van der Waals surface area (Å²) < 4.78 is 30.5. The molecule has 1 atom stereocenters. The van der Waals surface area contributed by atoms with Crippen LogP contribution in [0.5, 0.6) is 34.6 Å². The Balaban J connectivity index is 1.38. The minimum absolute atomic E-state index is 0.185. The Bertz CT molecular complexity index is 1900. The predicted octanol–water partition coefficient (Wildman–Crippen LogP) is 6.17. The van der Waals surface area contributed by atoms with E-state index in [0.717, 1.165) is 39.0 Å². The summed E-state index contributed by atoms with van der Waals surface area (Å²) in [6, 6.07) is 25.7. The molecule has 0 fully saturated rings. The third-order valence-electron chi connectivity index (χ3n) is 7.31. The topological polar surface area (TPSA) is 89.2 Å². The number of fused-ring (bicyclic) bond motifs is 6. The number of rotatable bonds is 7. The first-order valence-corrected chi connectivity index (χ1v) is 13.1. The van der Waals surface area contributed by atoms with E-state index in [1.54, 1.807) is 32.2 Å². The lowest BCUT2D eigenvalue weighted by Crippen LogP contribution is -2.15. The minimum atomic E-state index is -0.268. The van der Waals surface area contributed by atoms with Gasteiger partial charge in [-0.3, -0.25) is 0 Å². The van der Waals surface area contributed by atoms with E-state index in [2.05, 4.69) is 28.3 Å². The first kappa shape index (κ1) is 24.7. The summed E-state index contributed by atoms with van der Waals surface area (Å²) in [5, 5.41) is 6.86. The lowest BCUT2D eigenvalue weighted by molar-refractivity contribution is 0.295. The van der Waals surface area contributed by atoms with E-state index in [1.807, 2.05) is 60.7 Å². The zero-order valence-electron chi connectivity index (χ0n) is 22.7. The zero-order chi connectivity index (χ0) is 27.9. The zero-order valence-corrected chi connectivity index (χ0v) is 22.7. The van der Waals surface area contributed by atoms with Crippen LogP contribution in [-0.2, 0) is 6.61 Å². The highest BCUT2D eigenvalue weighted by Gasteiger charge is 2.35. The highest BCUT2D eigenvalue weighted by atomic mass is 16.5. The van der Waals surface area contributed by atoms with E-state index >= 15 is 0 Å². The number of methoxy groups -OCH3 is 3. The van der Waals surface area contributed by atoms with Gasteiger partial charge in [0.1, 0.15) is 30.2 Å². The largest absolute Gasteiger partial charge is 0.497 e. The van der Waals surface area contributed by atoms with Crippen LogP contribution < -0.4 is 23.7 Å². The Kier molecular flexibility index (Phi) is 6.04. The Labute approximate surface area is 235 Å².